The first kappa shape index (κ1) is 21.9. The van der Waals surface area contributed by atoms with E-state index >= 15 is 0 Å². The molecule has 2 heterocycles. The van der Waals surface area contributed by atoms with Crippen LogP contribution in [0.15, 0.2) is 42.6 Å². The molecule has 1 aliphatic carbocycles. The number of aromatic nitrogens is 1. The van der Waals surface area contributed by atoms with E-state index in [0.29, 0.717) is 24.8 Å². The van der Waals surface area contributed by atoms with Crippen molar-refractivity contribution in [1.82, 2.24) is 15.2 Å². The second-order valence-electron chi connectivity index (χ2n) is 9.02. The van der Waals surface area contributed by atoms with E-state index in [0.717, 1.165) is 50.0 Å². The minimum atomic E-state index is -0.811. The maximum Gasteiger partial charge on any atom is 0.220 e. The van der Waals surface area contributed by atoms with Crippen molar-refractivity contribution in [2.24, 2.45) is 11.8 Å². The predicted octanol–water partition coefficient (Wildman–Crippen LogP) is 5.01. The van der Waals surface area contributed by atoms with E-state index < -0.39 is 11.6 Å². The van der Waals surface area contributed by atoms with Gasteiger partial charge in [-0.05, 0) is 80.4 Å². The molecule has 0 bridgehead atoms. The Morgan fingerprint density at radius 2 is 1.84 bits per heavy atom. The van der Waals surface area contributed by atoms with Gasteiger partial charge >= 0.3 is 0 Å². The van der Waals surface area contributed by atoms with E-state index in [1.54, 1.807) is 12.3 Å². The average Bonchev–Trinajstić information content (AvgIpc) is 3.29. The first-order valence-corrected chi connectivity index (χ1v) is 11.4. The van der Waals surface area contributed by atoms with Gasteiger partial charge in [-0.2, -0.15) is 0 Å². The number of hydrogen-bond acceptors (Lipinski definition) is 3. The van der Waals surface area contributed by atoms with Crippen LogP contribution in [0.3, 0.4) is 0 Å². The number of carbonyl (C=O) groups excluding carboxylic acids is 1. The zero-order valence-electron chi connectivity index (χ0n) is 17.9. The lowest BCUT2D eigenvalue weighted by molar-refractivity contribution is -0.123. The molecule has 4 nitrogen and oxygen atoms in total. The highest BCUT2D eigenvalue weighted by molar-refractivity contribution is 5.76. The van der Waals surface area contributed by atoms with Crippen LogP contribution in [0.5, 0.6) is 0 Å². The zero-order valence-corrected chi connectivity index (χ0v) is 17.9. The van der Waals surface area contributed by atoms with Gasteiger partial charge in [0.1, 0.15) is 0 Å². The Hall–Kier alpha value is -2.34. The summed E-state index contributed by atoms with van der Waals surface area (Å²) in [5.74, 6) is -0.653. The number of amides is 1. The molecular weight excluding hydrogens is 396 g/mol. The van der Waals surface area contributed by atoms with Gasteiger partial charge in [-0.25, -0.2) is 8.78 Å². The predicted molar refractivity (Wildman–Crippen MR) is 116 cm³/mol. The molecule has 31 heavy (non-hydrogen) atoms. The normalized spacial score (nSPS) is 19.4. The number of nitrogens with one attached hydrogen (secondary N) is 1. The smallest absolute Gasteiger partial charge is 0.220 e. The van der Waals surface area contributed by atoms with Crippen LogP contribution in [0.2, 0.25) is 0 Å². The summed E-state index contributed by atoms with van der Waals surface area (Å²) in [7, 11) is 0. The molecule has 2 fully saturated rings. The maximum atomic E-state index is 13.5. The van der Waals surface area contributed by atoms with Crippen molar-refractivity contribution < 1.29 is 13.6 Å². The lowest BCUT2D eigenvalue weighted by Crippen LogP contribution is -2.41. The number of hydrogen-bond donors (Lipinski definition) is 1. The molecule has 1 N–H and O–H groups in total. The van der Waals surface area contributed by atoms with Gasteiger partial charge in [0.2, 0.25) is 5.91 Å². The largest absolute Gasteiger partial charge is 0.347 e. The summed E-state index contributed by atoms with van der Waals surface area (Å²) in [5.41, 5.74) is 1.70. The van der Waals surface area contributed by atoms with Crippen LogP contribution in [0.1, 0.15) is 62.2 Å². The summed E-state index contributed by atoms with van der Waals surface area (Å²) in [5, 5.41) is 3.30. The molecule has 0 radical (unpaired) electrons. The first-order valence-electron chi connectivity index (χ1n) is 11.4. The monoisotopic (exact) mass is 427 g/mol. The van der Waals surface area contributed by atoms with Crippen LogP contribution in [0.25, 0.3) is 0 Å². The number of carbonyl (C=O) groups is 1. The summed E-state index contributed by atoms with van der Waals surface area (Å²) in [6, 6.07) is 9.89. The van der Waals surface area contributed by atoms with Crippen molar-refractivity contribution in [1.29, 1.82) is 0 Å². The number of benzene rings is 1. The summed E-state index contributed by atoms with van der Waals surface area (Å²) in [4.78, 5) is 19.6. The van der Waals surface area contributed by atoms with E-state index in [-0.39, 0.29) is 11.9 Å². The number of pyridine rings is 1. The molecule has 2 aromatic rings. The number of likely N-dealkylation sites (tertiary alicyclic amines) is 1. The summed E-state index contributed by atoms with van der Waals surface area (Å²) < 4.78 is 26.7. The van der Waals surface area contributed by atoms with Crippen LogP contribution >= 0.6 is 0 Å². The molecule has 0 spiro atoms. The number of halogens is 2. The second-order valence-corrected chi connectivity index (χ2v) is 9.02. The third kappa shape index (κ3) is 5.88. The first-order chi connectivity index (χ1) is 15.1. The average molecular weight is 428 g/mol. The van der Waals surface area contributed by atoms with Gasteiger partial charge in [0.05, 0.1) is 11.7 Å². The highest BCUT2D eigenvalue weighted by Crippen LogP contribution is 2.32. The zero-order chi connectivity index (χ0) is 21.6. The fourth-order valence-corrected chi connectivity index (χ4v) is 5.04. The molecular formula is C25H31F2N3O. The van der Waals surface area contributed by atoms with Crippen LogP contribution < -0.4 is 5.32 Å². The molecule has 2 aliphatic rings. The lowest BCUT2D eigenvalue weighted by Gasteiger charge is -2.36. The van der Waals surface area contributed by atoms with Gasteiger partial charge in [-0.3, -0.25) is 14.7 Å². The third-order valence-electron chi connectivity index (χ3n) is 6.77. The molecule has 1 aromatic heterocycles. The minimum absolute atomic E-state index is 0.0829. The molecule has 1 amide bonds. The Kier molecular flexibility index (Phi) is 7.28. The molecule has 1 aliphatic heterocycles. The maximum absolute atomic E-state index is 13.5. The molecule has 4 rings (SSSR count). The van der Waals surface area contributed by atoms with Gasteiger partial charge < -0.3 is 5.32 Å². The Morgan fingerprint density at radius 1 is 1.06 bits per heavy atom. The van der Waals surface area contributed by atoms with Gasteiger partial charge in [0.25, 0.3) is 0 Å². The van der Waals surface area contributed by atoms with E-state index in [4.69, 9.17) is 0 Å². The van der Waals surface area contributed by atoms with E-state index in [1.807, 2.05) is 18.2 Å². The van der Waals surface area contributed by atoms with Crippen molar-refractivity contribution in [3.63, 3.8) is 0 Å². The SMILES string of the molecule is O=C(CC1CCCC1)NC(c1ccccn1)C1CCN(Cc2ccc(F)c(F)c2)CC1. The topological polar surface area (TPSA) is 45.2 Å². The van der Waals surface area contributed by atoms with Crippen molar-refractivity contribution in [2.75, 3.05) is 13.1 Å². The Morgan fingerprint density at radius 3 is 2.52 bits per heavy atom. The fourth-order valence-electron chi connectivity index (χ4n) is 5.04. The van der Waals surface area contributed by atoms with Crippen LogP contribution in [0, 0.1) is 23.5 Å². The number of rotatable bonds is 7. The Bertz CT molecular complexity index is 862. The van der Waals surface area contributed by atoms with Crippen molar-refractivity contribution in [3.8, 4) is 0 Å². The van der Waals surface area contributed by atoms with Crippen molar-refractivity contribution >= 4 is 5.91 Å². The Balaban J connectivity index is 1.37. The highest BCUT2D eigenvalue weighted by Gasteiger charge is 2.30. The number of nitrogens with zero attached hydrogens (tertiary/aromatic N) is 2. The van der Waals surface area contributed by atoms with Crippen molar-refractivity contribution in [3.05, 3.63) is 65.5 Å². The van der Waals surface area contributed by atoms with Gasteiger partial charge in [0, 0.05) is 19.2 Å². The van der Waals surface area contributed by atoms with E-state index in [2.05, 4.69) is 15.2 Å². The molecule has 166 valence electrons. The molecule has 1 aromatic carbocycles. The van der Waals surface area contributed by atoms with Crippen LogP contribution in [0.4, 0.5) is 8.78 Å². The summed E-state index contributed by atoms with van der Waals surface area (Å²) in [6.45, 7) is 2.31. The van der Waals surface area contributed by atoms with Gasteiger partial charge in [-0.15, -0.1) is 0 Å². The van der Waals surface area contributed by atoms with E-state index in [1.165, 1.54) is 25.0 Å². The third-order valence-corrected chi connectivity index (χ3v) is 6.77. The van der Waals surface area contributed by atoms with Crippen LogP contribution in [-0.4, -0.2) is 28.9 Å². The molecule has 1 saturated heterocycles. The second kappa shape index (κ2) is 10.3. The van der Waals surface area contributed by atoms with Crippen LogP contribution in [-0.2, 0) is 11.3 Å². The van der Waals surface area contributed by atoms with Crippen molar-refractivity contribution in [2.45, 2.75) is 57.5 Å². The summed E-state index contributed by atoms with van der Waals surface area (Å²) >= 11 is 0. The minimum Gasteiger partial charge on any atom is -0.347 e. The molecule has 1 atom stereocenters. The fraction of sp³-hybridized carbons (Fsp3) is 0.520. The quantitative estimate of drug-likeness (QED) is 0.676. The Labute approximate surface area is 183 Å². The number of piperidine rings is 1. The lowest BCUT2D eigenvalue weighted by atomic mass is 9.86. The molecule has 6 heteroatoms. The summed E-state index contributed by atoms with van der Waals surface area (Å²) in [6.07, 6.45) is 9.02. The highest BCUT2D eigenvalue weighted by atomic mass is 19.2. The standard InChI is InChI=1S/C25H31F2N3O/c26-21-9-8-19(15-22(21)27)17-30-13-10-20(11-14-30)25(23-7-3-4-12-28-23)29-24(31)16-18-5-1-2-6-18/h3-4,7-9,12,15,18,20,25H,1-2,5-6,10-11,13-14,16-17H2,(H,29,31). The molecule has 1 saturated carbocycles. The molecule has 1 unspecified atom stereocenters. The van der Waals surface area contributed by atoms with Gasteiger partial charge in [0.15, 0.2) is 11.6 Å². The van der Waals surface area contributed by atoms with E-state index in [9.17, 15) is 13.6 Å². The van der Waals surface area contributed by atoms with Gasteiger partial charge in [-0.1, -0.05) is 25.0 Å².